The van der Waals surface area contributed by atoms with Gasteiger partial charge in [0.2, 0.25) is 0 Å². The van der Waals surface area contributed by atoms with E-state index in [1.165, 1.54) is 57.2 Å². The smallest absolute Gasteiger partial charge is 0.339 e. The van der Waals surface area contributed by atoms with Gasteiger partial charge in [-0.3, -0.25) is 15.0 Å². The monoisotopic (exact) mass is 602 g/mol. The second-order valence-electron chi connectivity index (χ2n) is 9.71. The van der Waals surface area contributed by atoms with Crippen LogP contribution in [-0.4, -0.2) is 55.6 Å². The van der Waals surface area contributed by atoms with Crippen LogP contribution in [0.5, 0.6) is 5.75 Å². The number of ketones is 2. The zero-order valence-electron chi connectivity index (χ0n) is 22.9. The van der Waals surface area contributed by atoms with Gasteiger partial charge in [-0.25, -0.2) is 14.4 Å². The van der Waals surface area contributed by atoms with Crippen molar-refractivity contribution in [3.8, 4) is 5.75 Å². The number of carboxylic acid groups (broad SMARTS) is 3. The largest absolute Gasteiger partial charge is 0.507 e. The molecule has 4 rings (SSSR count). The Kier molecular flexibility index (Phi) is 8.31. The Balaban J connectivity index is 1.95. The Hall–Kier alpha value is -5.55. The third-order valence-electron chi connectivity index (χ3n) is 6.65. The summed E-state index contributed by atoms with van der Waals surface area (Å²) in [4.78, 5) is 59.9. The van der Waals surface area contributed by atoms with Crippen molar-refractivity contribution < 1.29 is 44.4 Å². The van der Waals surface area contributed by atoms with Gasteiger partial charge in [-0.15, -0.1) is 0 Å². The van der Waals surface area contributed by atoms with Gasteiger partial charge in [-0.1, -0.05) is 11.6 Å². The molecule has 43 heavy (non-hydrogen) atoms. The second kappa shape index (κ2) is 11.7. The van der Waals surface area contributed by atoms with Gasteiger partial charge in [0.1, 0.15) is 22.5 Å². The van der Waals surface area contributed by atoms with Gasteiger partial charge in [0.15, 0.2) is 11.6 Å². The van der Waals surface area contributed by atoms with Crippen molar-refractivity contribution in [1.29, 1.82) is 0 Å². The fourth-order valence-electron chi connectivity index (χ4n) is 4.54. The van der Waals surface area contributed by atoms with Gasteiger partial charge in [0.05, 0.1) is 11.4 Å². The molecule has 5 N–H and O–H groups in total. The second-order valence-corrected chi connectivity index (χ2v) is 10.1. The molecule has 2 aromatic rings. The number of nitrogens with zero attached hydrogens (tertiary/aromatic N) is 1. The van der Waals surface area contributed by atoms with E-state index in [1.54, 1.807) is 6.07 Å². The van der Waals surface area contributed by atoms with Crippen LogP contribution in [0, 0.1) is 6.92 Å². The number of hydrogen-bond acceptors (Lipinski definition) is 8. The molecule has 0 spiro atoms. The Morgan fingerprint density at radius 1 is 0.767 bits per heavy atom. The van der Waals surface area contributed by atoms with Crippen molar-refractivity contribution in [3.05, 3.63) is 110 Å². The molecule has 2 aromatic carbocycles. The molecular formula is C31H23ClN2O9. The molecule has 12 heteroatoms. The summed E-state index contributed by atoms with van der Waals surface area (Å²) in [5.41, 5.74) is 3.45. The lowest BCUT2D eigenvalue weighted by molar-refractivity contribution is -0.135. The summed E-state index contributed by atoms with van der Waals surface area (Å²) in [5.74, 6) is -6.03. The first-order chi connectivity index (χ1) is 20.2. The highest BCUT2D eigenvalue weighted by Gasteiger charge is 2.27. The van der Waals surface area contributed by atoms with Gasteiger partial charge in [-0.05, 0) is 109 Å². The zero-order valence-corrected chi connectivity index (χ0v) is 23.6. The topological polar surface area (TPSA) is 191 Å². The molecule has 0 unspecified atom stereocenters. The number of aromatic carboxylic acids is 1. The summed E-state index contributed by atoms with van der Waals surface area (Å²) >= 11 is 6.63. The minimum atomic E-state index is -1.46. The number of rotatable bonds is 7. The Morgan fingerprint density at radius 3 is 1.98 bits per heavy atom. The lowest BCUT2D eigenvalue weighted by atomic mass is 9.85. The third-order valence-corrected chi connectivity index (χ3v) is 6.98. The van der Waals surface area contributed by atoms with Crippen molar-refractivity contribution in [3.63, 3.8) is 0 Å². The van der Waals surface area contributed by atoms with E-state index in [0.717, 1.165) is 12.2 Å². The number of Topliss-reactive ketones (excluding diaryl/α,β-unsaturated/α-hetero) is 2. The quantitative estimate of drug-likeness (QED) is 0.169. The van der Waals surface area contributed by atoms with Crippen LogP contribution >= 0.6 is 11.6 Å². The molecule has 2 aliphatic carbocycles. The molecular weight excluding hydrogens is 580 g/mol. The molecule has 0 aromatic heterocycles. The minimum Gasteiger partial charge on any atom is -0.507 e. The molecule has 2 aliphatic rings. The lowest BCUT2D eigenvalue weighted by Crippen LogP contribution is -2.19. The number of nitrogens with one attached hydrogen (secondary N) is 1. The molecule has 0 amide bonds. The number of aliphatic carboxylic acids is 2. The molecule has 218 valence electrons. The number of aromatic hydroxyl groups is 1. The maximum Gasteiger partial charge on any atom is 0.339 e. The number of phenols is 1. The number of allylic oxidation sites excluding steroid dienone is 7. The molecule has 11 nitrogen and oxygen atoms in total. The highest BCUT2D eigenvalue weighted by molar-refractivity contribution is 6.33. The highest BCUT2D eigenvalue weighted by Crippen LogP contribution is 2.39. The van der Waals surface area contributed by atoms with Gasteiger partial charge < -0.3 is 20.4 Å². The number of carboxylic acids is 3. The van der Waals surface area contributed by atoms with Gasteiger partial charge in [-0.2, -0.15) is 5.10 Å². The van der Waals surface area contributed by atoms with Crippen LogP contribution in [0.4, 0.5) is 5.69 Å². The first-order valence-electron chi connectivity index (χ1n) is 12.5. The predicted molar refractivity (Wildman–Crippen MR) is 157 cm³/mol. The average molecular weight is 603 g/mol. The van der Waals surface area contributed by atoms with Crippen LogP contribution in [0.25, 0.3) is 5.57 Å². The maximum absolute atomic E-state index is 12.5. The van der Waals surface area contributed by atoms with Crippen molar-refractivity contribution in [2.75, 3.05) is 5.43 Å². The number of hydrogen-bond donors (Lipinski definition) is 5. The average Bonchev–Trinajstić information content (AvgIpc) is 2.93. The van der Waals surface area contributed by atoms with E-state index in [1.807, 2.05) is 0 Å². The minimum absolute atomic E-state index is 0.119. The van der Waals surface area contributed by atoms with Crippen molar-refractivity contribution in [2.45, 2.75) is 20.8 Å². The number of hydrazone groups is 1. The molecule has 0 saturated heterocycles. The normalized spacial score (nSPS) is 17.1. The van der Waals surface area contributed by atoms with Gasteiger partial charge >= 0.3 is 17.9 Å². The number of aryl methyl sites for hydroxylation is 1. The Morgan fingerprint density at radius 2 is 1.37 bits per heavy atom. The number of benzene rings is 2. The lowest BCUT2D eigenvalue weighted by Gasteiger charge is -2.19. The molecule has 0 heterocycles. The van der Waals surface area contributed by atoms with E-state index in [0.29, 0.717) is 5.69 Å². The summed E-state index contributed by atoms with van der Waals surface area (Å²) < 4.78 is 0. The van der Waals surface area contributed by atoms with Crippen molar-refractivity contribution in [2.24, 2.45) is 5.10 Å². The van der Waals surface area contributed by atoms with E-state index in [4.69, 9.17) is 11.6 Å². The van der Waals surface area contributed by atoms with Crippen molar-refractivity contribution in [1.82, 2.24) is 0 Å². The number of anilines is 1. The predicted octanol–water partition coefficient (Wildman–Crippen LogP) is 4.70. The highest BCUT2D eigenvalue weighted by atomic mass is 35.5. The van der Waals surface area contributed by atoms with Crippen LogP contribution in [0.1, 0.15) is 40.9 Å². The molecule has 0 fully saturated rings. The fourth-order valence-corrected chi connectivity index (χ4v) is 4.75. The van der Waals surface area contributed by atoms with Crippen LogP contribution in [0.2, 0.25) is 5.02 Å². The van der Waals surface area contributed by atoms with Crippen LogP contribution in [0.3, 0.4) is 0 Å². The molecule has 0 atom stereocenters. The van der Waals surface area contributed by atoms with Crippen LogP contribution in [-0.2, 0) is 19.2 Å². The van der Waals surface area contributed by atoms with Gasteiger partial charge in [0, 0.05) is 10.6 Å². The van der Waals surface area contributed by atoms with E-state index in [9.17, 15) is 44.4 Å². The van der Waals surface area contributed by atoms with Crippen molar-refractivity contribution >= 4 is 58.0 Å². The molecule has 0 saturated carbocycles. The van der Waals surface area contributed by atoms with E-state index in [-0.39, 0.29) is 49.7 Å². The summed E-state index contributed by atoms with van der Waals surface area (Å²) in [7, 11) is 0. The van der Waals surface area contributed by atoms with E-state index in [2.05, 4.69) is 10.5 Å². The number of halogens is 1. The number of carbonyl (C=O) groups is 5. The first-order valence-corrected chi connectivity index (χ1v) is 12.9. The summed E-state index contributed by atoms with van der Waals surface area (Å²) in [5, 5.41) is 43.4. The van der Waals surface area contributed by atoms with E-state index < -0.39 is 51.9 Å². The number of carbonyl (C=O) groups excluding carboxylic acids is 2. The molecule has 0 aliphatic heterocycles. The summed E-state index contributed by atoms with van der Waals surface area (Å²) in [6.07, 6.45) is 5.14. The van der Waals surface area contributed by atoms with Crippen LogP contribution in [0.15, 0.2) is 87.6 Å². The van der Waals surface area contributed by atoms with Gasteiger partial charge in [0.25, 0.3) is 0 Å². The zero-order chi connectivity index (χ0) is 31.7. The fraction of sp³-hybridized carbons (Fsp3) is 0.0968. The third kappa shape index (κ3) is 6.07. The summed E-state index contributed by atoms with van der Waals surface area (Å²) in [6.45, 7) is 4.40. The van der Waals surface area contributed by atoms with Crippen LogP contribution < -0.4 is 5.43 Å². The first kappa shape index (κ1) is 30.4. The maximum atomic E-state index is 12.5. The molecule has 0 radical (unpaired) electrons. The Bertz CT molecular complexity index is 1860. The SMILES string of the molecule is CC1=CC(=NNc2ccc(Cl)c(/C(=C3/C=C(C)C(=O)C(C(=O)O)=C3)c3cc(C)c(O)c(C(=O)O)c3)c2)C=C(C(=O)O)C1=O. The van der Waals surface area contributed by atoms with E-state index >= 15 is 0 Å². The Labute approximate surface area is 249 Å². The summed E-state index contributed by atoms with van der Waals surface area (Å²) in [6, 6.07) is 7.31. The standard InChI is InChI=1S/C31H23ClN2O9/c1-13-6-16(9-21(26(13)35)29(38)39)25(17-7-14(2)27(36)22(10-17)30(40)41)20-11-18(4-5-24(20)32)33-34-19-8-15(3)28(37)23(12-19)31(42)43/h4-12,33,35H,1-3H3,(H,38,39)(H,40,41)(H,42,43)/b25-17-,34-19?. The molecule has 0 bridgehead atoms.